The highest BCUT2D eigenvalue weighted by Crippen LogP contribution is 2.34. The van der Waals surface area contributed by atoms with Gasteiger partial charge in [0.25, 0.3) is 0 Å². The van der Waals surface area contributed by atoms with Crippen LogP contribution in [-0.4, -0.2) is 31.9 Å². The van der Waals surface area contributed by atoms with Gasteiger partial charge in [-0.25, -0.2) is 0 Å². The van der Waals surface area contributed by atoms with Gasteiger partial charge in [-0.1, -0.05) is 13.8 Å². The Morgan fingerprint density at radius 2 is 2.05 bits per heavy atom. The second-order valence-corrected chi connectivity index (χ2v) is 6.53. The van der Waals surface area contributed by atoms with Crippen LogP contribution in [0, 0.1) is 5.41 Å². The first-order valence-electron chi connectivity index (χ1n) is 7.57. The maximum absolute atomic E-state index is 5.77. The van der Waals surface area contributed by atoms with E-state index in [1.807, 2.05) is 18.2 Å². The van der Waals surface area contributed by atoms with E-state index in [0.29, 0.717) is 13.1 Å². The van der Waals surface area contributed by atoms with E-state index in [0.717, 1.165) is 23.1 Å². The third-order valence-electron chi connectivity index (χ3n) is 3.28. The summed E-state index contributed by atoms with van der Waals surface area (Å²) < 4.78 is 10.7. The van der Waals surface area contributed by atoms with Gasteiger partial charge in [-0.05, 0) is 37.9 Å². The number of nitrogens with zero attached hydrogens (tertiary/aromatic N) is 1. The van der Waals surface area contributed by atoms with Gasteiger partial charge in [0, 0.05) is 24.3 Å². The van der Waals surface area contributed by atoms with E-state index >= 15 is 0 Å². The molecule has 1 aromatic rings. The molecule has 4 N–H and O–H groups in total. The Bertz CT molecular complexity index is 541. The van der Waals surface area contributed by atoms with Crippen LogP contribution in [0.4, 0.5) is 5.69 Å². The first-order chi connectivity index (χ1) is 10.4. The predicted octanol–water partition coefficient (Wildman–Crippen LogP) is 2.17. The van der Waals surface area contributed by atoms with Crippen molar-refractivity contribution in [3.05, 3.63) is 18.2 Å². The van der Waals surface area contributed by atoms with Crippen molar-refractivity contribution in [3.63, 3.8) is 0 Å². The minimum atomic E-state index is -0.0273. The highest BCUT2D eigenvalue weighted by Gasteiger charge is 2.16. The molecule has 0 unspecified atom stereocenters. The Morgan fingerprint density at radius 3 is 2.73 bits per heavy atom. The number of hydrogen-bond donors (Lipinski definition) is 3. The molecule has 1 aliphatic rings. The van der Waals surface area contributed by atoms with E-state index in [2.05, 4.69) is 43.3 Å². The molecular weight excluding hydrogens is 280 g/mol. The number of nitrogens with two attached hydrogens (primary N) is 1. The molecule has 0 fully saturated rings. The normalized spacial score (nSPS) is 14.4. The lowest BCUT2D eigenvalue weighted by molar-refractivity contribution is 0.174. The molecule has 0 radical (unpaired) electrons. The van der Waals surface area contributed by atoms with Gasteiger partial charge in [-0.15, -0.1) is 0 Å². The number of anilines is 1. The molecule has 1 heterocycles. The molecule has 0 spiro atoms. The molecule has 6 heteroatoms. The van der Waals surface area contributed by atoms with Crippen molar-refractivity contribution in [2.45, 2.75) is 33.7 Å². The van der Waals surface area contributed by atoms with Crippen LogP contribution < -0.4 is 25.8 Å². The molecule has 0 bridgehead atoms. The third kappa shape index (κ3) is 4.53. The van der Waals surface area contributed by atoms with Crippen LogP contribution in [-0.2, 0) is 0 Å². The number of fused-ring (bicyclic) bond motifs is 1. The number of guanidine groups is 1. The fraction of sp³-hybridized carbons (Fsp3) is 0.562. The quantitative estimate of drug-likeness (QED) is 0.574. The molecule has 22 heavy (non-hydrogen) atoms. The van der Waals surface area contributed by atoms with Crippen molar-refractivity contribution < 1.29 is 9.47 Å². The zero-order valence-corrected chi connectivity index (χ0v) is 13.8. The minimum Gasteiger partial charge on any atom is -0.454 e. The monoisotopic (exact) mass is 306 g/mol. The maximum Gasteiger partial charge on any atom is 0.231 e. The zero-order valence-electron chi connectivity index (χ0n) is 13.8. The molecule has 0 amide bonds. The first-order valence-corrected chi connectivity index (χ1v) is 7.57. The molecule has 0 aromatic heterocycles. The van der Waals surface area contributed by atoms with Crippen LogP contribution in [0.25, 0.3) is 0 Å². The SMILES string of the molecule is CC(C)NC(=NCC(C)(C)CN)Nc1ccc2c(c1)OCO2. The number of aliphatic imine (C=N–C) groups is 1. The Morgan fingerprint density at radius 1 is 1.32 bits per heavy atom. The number of hydrogen-bond acceptors (Lipinski definition) is 4. The van der Waals surface area contributed by atoms with Crippen molar-refractivity contribution in [1.29, 1.82) is 0 Å². The predicted molar refractivity (Wildman–Crippen MR) is 89.6 cm³/mol. The summed E-state index contributed by atoms with van der Waals surface area (Å²) in [6, 6.07) is 6.02. The number of rotatable bonds is 5. The standard InChI is InChI=1S/C16H26N4O2/c1-11(2)19-15(18-9-16(3,4)8-17)20-12-5-6-13-14(7-12)22-10-21-13/h5-7,11H,8-10,17H2,1-4H3,(H2,18,19,20). The zero-order chi connectivity index (χ0) is 16.2. The van der Waals surface area contributed by atoms with Gasteiger partial charge in [0.2, 0.25) is 6.79 Å². The van der Waals surface area contributed by atoms with Crippen molar-refractivity contribution in [3.8, 4) is 11.5 Å². The summed E-state index contributed by atoms with van der Waals surface area (Å²) in [4.78, 5) is 4.64. The highest BCUT2D eigenvalue weighted by atomic mass is 16.7. The lowest BCUT2D eigenvalue weighted by Gasteiger charge is -2.21. The largest absolute Gasteiger partial charge is 0.454 e. The number of ether oxygens (including phenoxy) is 2. The van der Waals surface area contributed by atoms with Gasteiger partial charge in [0.1, 0.15) is 0 Å². The second kappa shape index (κ2) is 6.87. The number of benzene rings is 1. The Labute approximate surface area is 132 Å². The Hall–Kier alpha value is -1.95. The summed E-state index contributed by atoms with van der Waals surface area (Å²) >= 11 is 0. The molecule has 1 aliphatic heterocycles. The van der Waals surface area contributed by atoms with Gasteiger partial charge >= 0.3 is 0 Å². The second-order valence-electron chi connectivity index (χ2n) is 6.53. The topological polar surface area (TPSA) is 80.9 Å². The van der Waals surface area contributed by atoms with Gasteiger partial charge in [0.15, 0.2) is 17.5 Å². The Kier molecular flexibility index (Phi) is 5.13. The molecule has 2 rings (SSSR count). The fourth-order valence-corrected chi connectivity index (χ4v) is 1.86. The summed E-state index contributed by atoms with van der Waals surface area (Å²) in [5.74, 6) is 2.25. The van der Waals surface area contributed by atoms with Crippen molar-refractivity contribution in [2.75, 3.05) is 25.2 Å². The van der Waals surface area contributed by atoms with Crippen molar-refractivity contribution in [1.82, 2.24) is 5.32 Å². The average Bonchev–Trinajstić information content (AvgIpc) is 2.92. The van der Waals surface area contributed by atoms with E-state index in [1.165, 1.54) is 0 Å². The lowest BCUT2D eigenvalue weighted by Crippen LogP contribution is -2.37. The van der Waals surface area contributed by atoms with Crippen LogP contribution in [0.3, 0.4) is 0 Å². The van der Waals surface area contributed by atoms with Crippen molar-refractivity contribution >= 4 is 11.6 Å². The van der Waals surface area contributed by atoms with Crippen LogP contribution in [0.2, 0.25) is 0 Å². The molecule has 0 saturated carbocycles. The molecule has 6 nitrogen and oxygen atoms in total. The van der Waals surface area contributed by atoms with Gasteiger partial charge < -0.3 is 25.8 Å². The smallest absolute Gasteiger partial charge is 0.231 e. The molecule has 0 atom stereocenters. The molecular formula is C16H26N4O2. The summed E-state index contributed by atoms with van der Waals surface area (Å²) in [6.07, 6.45) is 0. The molecule has 122 valence electrons. The van der Waals surface area contributed by atoms with E-state index in [-0.39, 0.29) is 18.2 Å². The van der Waals surface area contributed by atoms with Gasteiger partial charge in [-0.2, -0.15) is 0 Å². The van der Waals surface area contributed by atoms with Crippen LogP contribution >= 0.6 is 0 Å². The van der Waals surface area contributed by atoms with E-state index in [4.69, 9.17) is 15.2 Å². The number of nitrogens with one attached hydrogen (secondary N) is 2. The summed E-state index contributed by atoms with van der Waals surface area (Å²) in [6.45, 7) is 9.87. The van der Waals surface area contributed by atoms with Crippen molar-refractivity contribution in [2.24, 2.45) is 16.1 Å². The van der Waals surface area contributed by atoms with E-state index in [9.17, 15) is 0 Å². The van der Waals surface area contributed by atoms with E-state index < -0.39 is 0 Å². The highest BCUT2D eigenvalue weighted by molar-refractivity contribution is 5.94. The van der Waals surface area contributed by atoms with Gasteiger partial charge in [-0.3, -0.25) is 4.99 Å². The summed E-state index contributed by atoms with van der Waals surface area (Å²) in [5, 5.41) is 6.62. The molecule has 0 aliphatic carbocycles. The lowest BCUT2D eigenvalue weighted by atomic mass is 9.94. The van der Waals surface area contributed by atoms with Crippen LogP contribution in [0.5, 0.6) is 11.5 Å². The summed E-state index contributed by atoms with van der Waals surface area (Å²) in [7, 11) is 0. The Balaban J connectivity index is 2.10. The van der Waals surface area contributed by atoms with Crippen LogP contribution in [0.15, 0.2) is 23.2 Å². The van der Waals surface area contributed by atoms with E-state index in [1.54, 1.807) is 0 Å². The maximum atomic E-state index is 5.77. The average molecular weight is 306 g/mol. The fourth-order valence-electron chi connectivity index (χ4n) is 1.86. The molecule has 1 aromatic carbocycles. The molecule has 0 saturated heterocycles. The third-order valence-corrected chi connectivity index (χ3v) is 3.28. The first kappa shape index (κ1) is 16.4. The summed E-state index contributed by atoms with van der Waals surface area (Å²) in [5.41, 5.74) is 6.64. The van der Waals surface area contributed by atoms with Gasteiger partial charge in [0.05, 0.1) is 0 Å². The minimum absolute atomic E-state index is 0.0273. The van der Waals surface area contributed by atoms with Crippen LogP contribution in [0.1, 0.15) is 27.7 Å².